The third-order valence-electron chi connectivity index (χ3n) is 3.71. The smallest absolute Gasteiger partial charge is 0.357 e. The summed E-state index contributed by atoms with van der Waals surface area (Å²) in [5.74, 6) is -1.06. The molecule has 1 atom stereocenters. The van der Waals surface area contributed by atoms with Crippen molar-refractivity contribution >= 4 is 27.3 Å². The molecule has 23 heavy (non-hydrogen) atoms. The summed E-state index contributed by atoms with van der Waals surface area (Å²) in [5.41, 5.74) is 0.536. The van der Waals surface area contributed by atoms with Gasteiger partial charge >= 0.3 is 5.97 Å². The van der Waals surface area contributed by atoms with Gasteiger partial charge in [-0.25, -0.2) is 14.3 Å². The minimum atomic E-state index is -1.06. The molecule has 0 aliphatic rings. The molecule has 0 aliphatic heterocycles. The highest BCUT2D eigenvalue weighted by molar-refractivity contribution is 7.21. The van der Waals surface area contributed by atoms with Gasteiger partial charge in [-0.05, 0) is 12.5 Å². The van der Waals surface area contributed by atoms with Gasteiger partial charge in [0.15, 0.2) is 10.5 Å². The van der Waals surface area contributed by atoms with E-state index in [-0.39, 0.29) is 5.69 Å². The lowest BCUT2D eigenvalue weighted by Crippen LogP contribution is -2.33. The second-order valence-corrected chi connectivity index (χ2v) is 6.19. The Bertz CT molecular complexity index is 830. The summed E-state index contributed by atoms with van der Waals surface area (Å²) in [7, 11) is 1.66. The third kappa shape index (κ3) is 2.90. The molecule has 0 saturated heterocycles. The second-order valence-electron chi connectivity index (χ2n) is 5.21. The maximum Gasteiger partial charge on any atom is 0.357 e. The zero-order chi connectivity index (χ0) is 16.4. The van der Waals surface area contributed by atoms with Crippen LogP contribution in [-0.2, 0) is 10.3 Å². The second kappa shape index (κ2) is 5.98. The number of hydrogen-bond acceptors (Lipinski definition) is 6. The van der Waals surface area contributed by atoms with Crippen molar-refractivity contribution in [3.05, 3.63) is 47.9 Å². The zero-order valence-corrected chi connectivity index (χ0v) is 13.5. The van der Waals surface area contributed by atoms with Crippen LogP contribution in [0.5, 0.6) is 0 Å². The van der Waals surface area contributed by atoms with Crippen molar-refractivity contribution in [1.82, 2.24) is 14.6 Å². The first-order valence-electron chi connectivity index (χ1n) is 6.95. The minimum absolute atomic E-state index is 0.00751. The van der Waals surface area contributed by atoms with Crippen LogP contribution in [0.25, 0.3) is 4.83 Å². The number of carbonyl (C=O) groups is 1. The SMILES string of the molecule is COC(C)(CNc1nn2cnc(C(=O)O)c2s1)c1ccccc1. The largest absolute Gasteiger partial charge is 0.476 e. The van der Waals surface area contributed by atoms with Crippen LogP contribution in [-0.4, -0.2) is 39.3 Å². The molecule has 8 heteroatoms. The van der Waals surface area contributed by atoms with Gasteiger partial charge in [0, 0.05) is 7.11 Å². The molecule has 3 aromatic rings. The first-order valence-corrected chi connectivity index (χ1v) is 7.77. The lowest BCUT2D eigenvalue weighted by atomic mass is 9.96. The Morgan fingerprint density at radius 2 is 2.17 bits per heavy atom. The van der Waals surface area contributed by atoms with Crippen LogP contribution in [0.4, 0.5) is 5.13 Å². The Morgan fingerprint density at radius 3 is 2.83 bits per heavy atom. The molecule has 0 fully saturated rings. The van der Waals surface area contributed by atoms with Crippen molar-refractivity contribution in [3.63, 3.8) is 0 Å². The number of carboxylic acid groups (broad SMARTS) is 1. The molecule has 0 aliphatic carbocycles. The van der Waals surface area contributed by atoms with Crippen molar-refractivity contribution in [3.8, 4) is 0 Å². The Morgan fingerprint density at radius 1 is 1.43 bits per heavy atom. The fraction of sp³-hybridized carbons (Fsp3) is 0.267. The van der Waals surface area contributed by atoms with Crippen LogP contribution in [0, 0.1) is 0 Å². The summed E-state index contributed by atoms with van der Waals surface area (Å²) in [5, 5.41) is 17.2. The number of nitrogens with one attached hydrogen (secondary N) is 1. The highest BCUT2D eigenvalue weighted by Gasteiger charge is 2.26. The number of rotatable bonds is 6. The molecule has 3 rings (SSSR count). The van der Waals surface area contributed by atoms with Gasteiger partial charge in [-0.15, -0.1) is 5.10 Å². The molecule has 2 heterocycles. The molecule has 2 N–H and O–H groups in total. The van der Waals surface area contributed by atoms with Gasteiger partial charge in [0.25, 0.3) is 0 Å². The van der Waals surface area contributed by atoms with Gasteiger partial charge in [-0.2, -0.15) is 0 Å². The van der Waals surface area contributed by atoms with E-state index < -0.39 is 11.6 Å². The van der Waals surface area contributed by atoms with Gasteiger partial charge in [-0.3, -0.25) is 0 Å². The van der Waals surface area contributed by atoms with Gasteiger partial charge in [0.2, 0.25) is 5.13 Å². The summed E-state index contributed by atoms with van der Waals surface area (Å²) in [4.78, 5) is 15.4. The average molecular weight is 332 g/mol. The van der Waals surface area contributed by atoms with Crippen LogP contribution < -0.4 is 5.32 Å². The Kier molecular flexibility index (Phi) is 4.01. The van der Waals surface area contributed by atoms with E-state index in [1.165, 1.54) is 22.2 Å². The monoisotopic (exact) mass is 332 g/mol. The number of nitrogens with zero attached hydrogens (tertiary/aromatic N) is 3. The van der Waals surface area contributed by atoms with Crippen LogP contribution >= 0.6 is 11.3 Å². The molecule has 120 valence electrons. The number of ether oxygens (including phenoxy) is 1. The summed E-state index contributed by atoms with van der Waals surface area (Å²) >= 11 is 1.25. The van der Waals surface area contributed by atoms with Crippen LogP contribution in [0.2, 0.25) is 0 Å². The average Bonchev–Trinajstić information content (AvgIpc) is 3.13. The molecule has 0 amide bonds. The molecule has 0 bridgehead atoms. The number of carboxylic acids is 1. The van der Waals surface area contributed by atoms with E-state index in [2.05, 4.69) is 15.4 Å². The van der Waals surface area contributed by atoms with E-state index in [1.54, 1.807) is 7.11 Å². The maximum atomic E-state index is 11.1. The Labute approximate surface area is 136 Å². The van der Waals surface area contributed by atoms with Crippen molar-refractivity contribution in [1.29, 1.82) is 0 Å². The molecule has 0 saturated carbocycles. The van der Waals surface area contributed by atoms with E-state index in [9.17, 15) is 4.79 Å². The molecule has 1 aromatic carbocycles. The lowest BCUT2D eigenvalue weighted by Gasteiger charge is -2.28. The van der Waals surface area contributed by atoms with Gasteiger partial charge in [0.05, 0.1) is 6.54 Å². The van der Waals surface area contributed by atoms with Crippen LogP contribution in [0.1, 0.15) is 23.0 Å². The summed E-state index contributed by atoms with van der Waals surface area (Å²) < 4.78 is 7.13. The predicted molar refractivity (Wildman–Crippen MR) is 87.1 cm³/mol. The summed E-state index contributed by atoms with van der Waals surface area (Å²) in [6.07, 6.45) is 1.40. The quantitative estimate of drug-likeness (QED) is 0.721. The number of imidazole rings is 1. The molecular formula is C15H16N4O3S. The fourth-order valence-electron chi connectivity index (χ4n) is 2.25. The summed E-state index contributed by atoms with van der Waals surface area (Å²) in [6, 6.07) is 9.89. The van der Waals surface area contributed by atoms with Crippen LogP contribution in [0.3, 0.4) is 0 Å². The van der Waals surface area contributed by atoms with Gasteiger partial charge in [-0.1, -0.05) is 41.7 Å². The van der Waals surface area contributed by atoms with E-state index in [0.29, 0.717) is 16.5 Å². The van der Waals surface area contributed by atoms with E-state index in [0.717, 1.165) is 5.56 Å². The van der Waals surface area contributed by atoms with E-state index in [1.807, 2.05) is 37.3 Å². The Balaban J connectivity index is 1.80. The lowest BCUT2D eigenvalue weighted by molar-refractivity contribution is 0.0138. The molecule has 7 nitrogen and oxygen atoms in total. The van der Waals surface area contributed by atoms with Crippen molar-refractivity contribution < 1.29 is 14.6 Å². The van der Waals surface area contributed by atoms with Gasteiger partial charge < -0.3 is 15.2 Å². The number of fused-ring (bicyclic) bond motifs is 1. The number of aromatic nitrogens is 3. The van der Waals surface area contributed by atoms with Crippen molar-refractivity contribution in [2.24, 2.45) is 0 Å². The van der Waals surface area contributed by atoms with E-state index >= 15 is 0 Å². The summed E-state index contributed by atoms with van der Waals surface area (Å²) in [6.45, 7) is 2.49. The molecule has 0 radical (unpaired) electrons. The van der Waals surface area contributed by atoms with Crippen LogP contribution in [0.15, 0.2) is 36.7 Å². The Hall–Kier alpha value is -2.45. The number of anilines is 1. The predicted octanol–water partition coefficient (Wildman–Crippen LogP) is 2.46. The van der Waals surface area contributed by atoms with Crippen molar-refractivity contribution in [2.75, 3.05) is 19.0 Å². The number of aromatic carboxylic acids is 1. The van der Waals surface area contributed by atoms with Gasteiger partial charge in [0.1, 0.15) is 11.9 Å². The highest BCUT2D eigenvalue weighted by Crippen LogP contribution is 2.27. The number of methoxy groups -OCH3 is 1. The third-order valence-corrected chi connectivity index (χ3v) is 4.71. The first-order chi connectivity index (χ1) is 11.0. The van der Waals surface area contributed by atoms with Crippen molar-refractivity contribution in [2.45, 2.75) is 12.5 Å². The molecule has 1 unspecified atom stereocenters. The fourth-order valence-corrected chi connectivity index (χ4v) is 3.12. The maximum absolute atomic E-state index is 11.1. The number of benzene rings is 1. The topological polar surface area (TPSA) is 88.8 Å². The molecule has 0 spiro atoms. The number of hydrogen-bond donors (Lipinski definition) is 2. The molecule has 2 aromatic heterocycles. The zero-order valence-electron chi connectivity index (χ0n) is 12.7. The normalized spacial score (nSPS) is 13.8. The minimum Gasteiger partial charge on any atom is -0.476 e. The standard InChI is InChI=1S/C15H16N4O3S/c1-15(22-2,10-6-4-3-5-7-10)8-16-14-18-19-9-17-11(13(20)21)12(19)23-14/h3-7,9H,8H2,1-2H3,(H,16,18)(H,20,21). The first kappa shape index (κ1) is 15.4. The molecular weight excluding hydrogens is 316 g/mol. The van der Waals surface area contributed by atoms with E-state index in [4.69, 9.17) is 9.84 Å². The highest BCUT2D eigenvalue weighted by atomic mass is 32.1.